The van der Waals surface area contributed by atoms with Crippen molar-refractivity contribution in [3.8, 4) is 0 Å². The molecule has 3 rings (SSSR count). The van der Waals surface area contributed by atoms with Crippen LogP contribution in [0.3, 0.4) is 0 Å². The quantitative estimate of drug-likeness (QED) is 0.623. The molecule has 0 bridgehead atoms. The van der Waals surface area contributed by atoms with E-state index in [-0.39, 0.29) is 27.9 Å². The van der Waals surface area contributed by atoms with Crippen LogP contribution in [-0.4, -0.2) is 48.2 Å². The number of nitrogens with zero attached hydrogens (tertiary/aromatic N) is 5. The van der Waals surface area contributed by atoms with E-state index in [1.165, 1.54) is 4.90 Å². The average Bonchev–Trinajstić information content (AvgIpc) is 3.00. The SMILES string of the molecule is CC(C)(C)C1[C@@H](n2cnc3c(Cl)nc(Cl)nc32)CCN1C(=O)O. The van der Waals surface area contributed by atoms with E-state index in [0.29, 0.717) is 24.1 Å². The molecule has 0 saturated carbocycles. The minimum Gasteiger partial charge on any atom is -0.465 e. The first-order chi connectivity index (χ1) is 10.7. The van der Waals surface area contributed by atoms with Crippen LogP contribution in [-0.2, 0) is 0 Å². The Kier molecular flexibility index (Phi) is 3.88. The van der Waals surface area contributed by atoms with Crippen LogP contribution in [0.2, 0.25) is 10.4 Å². The minimum absolute atomic E-state index is 0.0460. The number of carbonyl (C=O) groups is 1. The van der Waals surface area contributed by atoms with Crippen molar-refractivity contribution < 1.29 is 9.90 Å². The maximum Gasteiger partial charge on any atom is 0.407 e. The number of amides is 1. The van der Waals surface area contributed by atoms with Crippen LogP contribution >= 0.6 is 23.2 Å². The van der Waals surface area contributed by atoms with Gasteiger partial charge >= 0.3 is 6.09 Å². The maximum atomic E-state index is 11.6. The van der Waals surface area contributed by atoms with Gasteiger partial charge in [-0.3, -0.25) is 0 Å². The van der Waals surface area contributed by atoms with Crippen molar-refractivity contribution in [2.24, 2.45) is 5.41 Å². The Labute approximate surface area is 143 Å². The molecule has 1 saturated heterocycles. The summed E-state index contributed by atoms with van der Waals surface area (Å²) in [6, 6.07) is -0.289. The van der Waals surface area contributed by atoms with Gasteiger partial charge in [0.1, 0.15) is 5.52 Å². The van der Waals surface area contributed by atoms with Crippen molar-refractivity contribution in [2.75, 3.05) is 6.54 Å². The number of halogens is 2. The van der Waals surface area contributed by atoms with Crippen molar-refractivity contribution in [2.45, 2.75) is 39.3 Å². The summed E-state index contributed by atoms with van der Waals surface area (Å²) < 4.78 is 1.87. The van der Waals surface area contributed by atoms with Gasteiger partial charge < -0.3 is 14.6 Å². The first kappa shape index (κ1) is 16.3. The third-order valence-electron chi connectivity index (χ3n) is 4.21. The van der Waals surface area contributed by atoms with Gasteiger partial charge in [0, 0.05) is 6.54 Å². The molecule has 1 fully saturated rings. The topological polar surface area (TPSA) is 84.1 Å². The standard InChI is InChI=1S/C14H17Cl2N5O2/c1-14(2,3)9-7(4-5-20(9)13(22)23)21-6-17-8-10(15)18-12(16)19-11(8)21/h6-7,9H,4-5H2,1-3H3,(H,22,23)/t7-,9?/m0/s1. The lowest BCUT2D eigenvalue weighted by molar-refractivity contribution is 0.0931. The fourth-order valence-corrected chi connectivity index (χ4v) is 3.85. The second-order valence-electron chi connectivity index (χ2n) is 6.75. The van der Waals surface area contributed by atoms with Gasteiger partial charge in [-0.25, -0.2) is 14.8 Å². The lowest BCUT2D eigenvalue weighted by Crippen LogP contribution is -2.45. The number of fused-ring (bicyclic) bond motifs is 1. The second-order valence-corrected chi connectivity index (χ2v) is 7.45. The molecule has 9 heteroatoms. The Balaban J connectivity index is 2.12. The fourth-order valence-electron chi connectivity index (χ4n) is 3.43. The Morgan fingerprint density at radius 3 is 2.65 bits per heavy atom. The van der Waals surface area contributed by atoms with Gasteiger partial charge in [-0.2, -0.15) is 4.98 Å². The van der Waals surface area contributed by atoms with Crippen molar-refractivity contribution in [3.63, 3.8) is 0 Å². The number of hydrogen-bond donors (Lipinski definition) is 1. The molecular formula is C14H17Cl2N5O2. The zero-order chi connectivity index (χ0) is 16.9. The van der Waals surface area contributed by atoms with Crippen LogP contribution in [0.4, 0.5) is 4.79 Å². The van der Waals surface area contributed by atoms with E-state index in [4.69, 9.17) is 23.2 Å². The molecule has 1 aliphatic rings. The molecule has 1 aliphatic heterocycles. The van der Waals surface area contributed by atoms with Gasteiger partial charge in [0.15, 0.2) is 10.8 Å². The highest BCUT2D eigenvalue weighted by Gasteiger charge is 2.45. The minimum atomic E-state index is -0.914. The normalized spacial score (nSPS) is 22.0. The van der Waals surface area contributed by atoms with Crippen molar-refractivity contribution in [1.29, 1.82) is 0 Å². The Morgan fingerprint density at radius 1 is 1.35 bits per heavy atom. The molecule has 3 heterocycles. The third-order valence-corrected chi connectivity index (χ3v) is 4.64. The molecule has 0 spiro atoms. The summed E-state index contributed by atoms with van der Waals surface area (Å²) in [5.41, 5.74) is 0.760. The Morgan fingerprint density at radius 2 is 2.04 bits per heavy atom. The molecule has 2 atom stereocenters. The second kappa shape index (κ2) is 5.49. The van der Waals surface area contributed by atoms with E-state index in [2.05, 4.69) is 15.0 Å². The smallest absolute Gasteiger partial charge is 0.407 e. The van der Waals surface area contributed by atoms with Gasteiger partial charge in [-0.15, -0.1) is 0 Å². The van der Waals surface area contributed by atoms with Gasteiger partial charge in [0.05, 0.1) is 18.4 Å². The first-order valence-corrected chi connectivity index (χ1v) is 8.01. The number of imidazole rings is 1. The zero-order valence-electron chi connectivity index (χ0n) is 13.0. The van der Waals surface area contributed by atoms with Crippen molar-refractivity contribution >= 4 is 40.5 Å². The van der Waals surface area contributed by atoms with E-state index in [9.17, 15) is 9.90 Å². The molecule has 124 valence electrons. The third kappa shape index (κ3) is 2.72. The molecule has 1 unspecified atom stereocenters. The van der Waals surface area contributed by atoms with Gasteiger partial charge in [0.25, 0.3) is 0 Å². The van der Waals surface area contributed by atoms with Gasteiger partial charge in [-0.05, 0) is 23.4 Å². The van der Waals surface area contributed by atoms with Crippen molar-refractivity contribution in [1.82, 2.24) is 24.4 Å². The molecule has 0 aromatic carbocycles. The van der Waals surface area contributed by atoms with E-state index in [0.717, 1.165) is 0 Å². The predicted octanol–water partition coefficient (Wildman–Crippen LogP) is 3.47. The van der Waals surface area contributed by atoms with Gasteiger partial charge in [0.2, 0.25) is 5.28 Å². The zero-order valence-corrected chi connectivity index (χ0v) is 14.5. The summed E-state index contributed by atoms with van der Waals surface area (Å²) in [4.78, 5) is 25.5. The van der Waals surface area contributed by atoms with Crippen LogP contribution in [0.25, 0.3) is 11.2 Å². The summed E-state index contributed by atoms with van der Waals surface area (Å²) in [7, 11) is 0. The van der Waals surface area contributed by atoms with Gasteiger partial charge in [-0.1, -0.05) is 32.4 Å². The lowest BCUT2D eigenvalue weighted by Gasteiger charge is -2.37. The first-order valence-electron chi connectivity index (χ1n) is 7.25. The summed E-state index contributed by atoms with van der Waals surface area (Å²) in [5.74, 6) is 0. The van der Waals surface area contributed by atoms with Crippen LogP contribution in [0.15, 0.2) is 6.33 Å². The highest BCUT2D eigenvalue weighted by Crippen LogP contribution is 2.41. The maximum absolute atomic E-state index is 11.6. The summed E-state index contributed by atoms with van der Waals surface area (Å²) >= 11 is 12.0. The molecule has 1 N–H and O–H groups in total. The van der Waals surface area contributed by atoms with Crippen LogP contribution < -0.4 is 0 Å². The van der Waals surface area contributed by atoms with E-state index >= 15 is 0 Å². The number of aromatic nitrogens is 4. The number of rotatable bonds is 1. The highest BCUT2D eigenvalue weighted by molar-refractivity contribution is 6.35. The van der Waals surface area contributed by atoms with E-state index in [1.54, 1.807) is 6.33 Å². The average molecular weight is 358 g/mol. The molecule has 1 amide bonds. The van der Waals surface area contributed by atoms with E-state index in [1.807, 2.05) is 25.3 Å². The van der Waals surface area contributed by atoms with E-state index < -0.39 is 6.09 Å². The molecule has 0 aliphatic carbocycles. The molecule has 0 radical (unpaired) electrons. The molecule has 2 aromatic rings. The molecule has 2 aromatic heterocycles. The molecular weight excluding hydrogens is 341 g/mol. The van der Waals surface area contributed by atoms with Crippen LogP contribution in [0, 0.1) is 5.41 Å². The Hall–Kier alpha value is -1.60. The predicted molar refractivity (Wildman–Crippen MR) is 87.0 cm³/mol. The van der Waals surface area contributed by atoms with Crippen LogP contribution in [0.1, 0.15) is 33.2 Å². The molecule has 23 heavy (non-hydrogen) atoms. The highest BCUT2D eigenvalue weighted by atomic mass is 35.5. The number of hydrogen-bond acceptors (Lipinski definition) is 4. The largest absolute Gasteiger partial charge is 0.465 e. The summed E-state index contributed by atoms with van der Waals surface area (Å²) in [6.07, 6.45) is 1.40. The summed E-state index contributed by atoms with van der Waals surface area (Å²) in [6.45, 7) is 6.55. The monoisotopic (exact) mass is 357 g/mol. The summed E-state index contributed by atoms with van der Waals surface area (Å²) in [5, 5.41) is 9.74. The van der Waals surface area contributed by atoms with Crippen LogP contribution in [0.5, 0.6) is 0 Å². The number of carboxylic acid groups (broad SMARTS) is 1. The lowest BCUT2D eigenvalue weighted by atomic mass is 9.82. The van der Waals surface area contributed by atoms with Crippen molar-refractivity contribution in [3.05, 3.63) is 16.8 Å². The molecule has 7 nitrogen and oxygen atoms in total. The fraction of sp³-hybridized carbons (Fsp3) is 0.571. The number of likely N-dealkylation sites (tertiary alicyclic amines) is 1. The Bertz CT molecular complexity index is 770.